The predicted molar refractivity (Wildman–Crippen MR) is 96.8 cm³/mol. The van der Waals surface area contributed by atoms with Gasteiger partial charge in [-0.15, -0.1) is 0 Å². The van der Waals surface area contributed by atoms with E-state index in [1.807, 2.05) is 0 Å². The van der Waals surface area contributed by atoms with Gasteiger partial charge < -0.3 is 19.7 Å². The number of piperidine rings is 1. The van der Waals surface area contributed by atoms with Crippen LogP contribution in [-0.2, 0) is 9.47 Å². The molecule has 1 N–H and O–H groups in total. The maximum absolute atomic E-state index is 5.76. The van der Waals surface area contributed by atoms with Gasteiger partial charge >= 0.3 is 0 Å². The number of nitrogens with zero attached hydrogens (tertiary/aromatic N) is 1. The Bertz CT molecular complexity index is 530. The van der Waals surface area contributed by atoms with E-state index in [1.165, 1.54) is 5.56 Å². The molecular formula is C18H26N2O2S. The number of likely N-dealkylation sites (tertiary alicyclic amines) is 1. The van der Waals surface area contributed by atoms with Gasteiger partial charge in [0, 0.05) is 31.6 Å². The van der Waals surface area contributed by atoms with Crippen LogP contribution in [0.25, 0.3) is 0 Å². The standard InChI is InChI=1S/C18H26N2O2S/c1-3-14(2)15-4-6-16(7-5-15)19-17(23)20-10-8-18(9-11-20)21-12-13-22-18/h4-7,14H,3,8-13H2,1-2H3,(H,19,23)/t14-/m0/s1. The molecule has 2 fully saturated rings. The minimum Gasteiger partial charge on any atom is -0.349 e. The zero-order valence-corrected chi connectivity index (χ0v) is 14.8. The van der Waals surface area contributed by atoms with Crippen molar-refractivity contribution < 1.29 is 9.47 Å². The van der Waals surface area contributed by atoms with Gasteiger partial charge in [-0.1, -0.05) is 26.0 Å². The molecule has 5 heteroatoms. The molecule has 0 aromatic heterocycles. The molecule has 1 spiro atoms. The minimum atomic E-state index is -0.343. The molecule has 2 aliphatic rings. The quantitative estimate of drug-likeness (QED) is 0.852. The number of ether oxygens (including phenoxy) is 2. The van der Waals surface area contributed by atoms with Crippen molar-refractivity contribution in [1.82, 2.24) is 4.90 Å². The number of hydrogen-bond acceptors (Lipinski definition) is 3. The fraction of sp³-hybridized carbons (Fsp3) is 0.611. The Kier molecular flexibility index (Phi) is 5.19. The molecule has 0 bridgehead atoms. The highest BCUT2D eigenvalue weighted by Gasteiger charge is 2.40. The Morgan fingerprint density at radius 3 is 2.39 bits per heavy atom. The Balaban J connectivity index is 1.53. The van der Waals surface area contributed by atoms with Crippen molar-refractivity contribution in [1.29, 1.82) is 0 Å². The van der Waals surface area contributed by atoms with Gasteiger partial charge in [-0.3, -0.25) is 0 Å². The first-order valence-electron chi connectivity index (χ1n) is 8.56. The van der Waals surface area contributed by atoms with E-state index in [4.69, 9.17) is 21.7 Å². The molecule has 3 rings (SSSR count). The van der Waals surface area contributed by atoms with Gasteiger partial charge in [0.15, 0.2) is 10.9 Å². The van der Waals surface area contributed by atoms with E-state index in [9.17, 15) is 0 Å². The van der Waals surface area contributed by atoms with Crippen molar-refractivity contribution in [3.05, 3.63) is 29.8 Å². The monoisotopic (exact) mass is 334 g/mol. The zero-order valence-electron chi connectivity index (χ0n) is 14.0. The molecule has 0 unspecified atom stereocenters. The molecule has 2 heterocycles. The van der Waals surface area contributed by atoms with Crippen LogP contribution >= 0.6 is 12.2 Å². The fourth-order valence-electron chi connectivity index (χ4n) is 3.17. The molecule has 0 saturated carbocycles. The SMILES string of the molecule is CC[C@H](C)c1ccc(NC(=S)N2CCC3(CC2)OCCO3)cc1. The van der Waals surface area contributed by atoms with Crippen LogP contribution in [0, 0.1) is 0 Å². The molecule has 4 nitrogen and oxygen atoms in total. The van der Waals surface area contributed by atoms with Crippen molar-refractivity contribution in [2.24, 2.45) is 0 Å². The molecule has 0 aliphatic carbocycles. The molecule has 1 aromatic carbocycles. The minimum absolute atomic E-state index is 0.343. The molecule has 1 aromatic rings. The number of anilines is 1. The van der Waals surface area contributed by atoms with Gasteiger partial charge in [-0.05, 0) is 42.3 Å². The molecule has 0 amide bonds. The molecule has 1 atom stereocenters. The maximum atomic E-state index is 5.76. The average Bonchev–Trinajstić information content (AvgIpc) is 3.03. The second-order valence-electron chi connectivity index (χ2n) is 6.46. The zero-order chi connectivity index (χ0) is 16.3. The average molecular weight is 334 g/mol. The number of thiocarbonyl (C=S) groups is 1. The van der Waals surface area contributed by atoms with Crippen LogP contribution in [0.3, 0.4) is 0 Å². The van der Waals surface area contributed by atoms with Gasteiger partial charge in [-0.25, -0.2) is 0 Å². The first kappa shape index (κ1) is 16.7. The summed E-state index contributed by atoms with van der Waals surface area (Å²) < 4.78 is 11.5. The van der Waals surface area contributed by atoms with Crippen LogP contribution in [0.15, 0.2) is 24.3 Å². The van der Waals surface area contributed by atoms with E-state index < -0.39 is 0 Å². The highest BCUT2D eigenvalue weighted by atomic mass is 32.1. The third-order valence-electron chi connectivity index (χ3n) is 4.97. The van der Waals surface area contributed by atoms with E-state index in [1.54, 1.807) is 0 Å². The largest absolute Gasteiger partial charge is 0.349 e. The molecule has 0 radical (unpaired) electrons. The van der Waals surface area contributed by atoms with Crippen LogP contribution in [0.5, 0.6) is 0 Å². The van der Waals surface area contributed by atoms with E-state index in [2.05, 4.69) is 48.3 Å². The third kappa shape index (κ3) is 3.84. The highest BCUT2D eigenvalue weighted by Crippen LogP contribution is 2.31. The maximum Gasteiger partial charge on any atom is 0.173 e. The summed E-state index contributed by atoms with van der Waals surface area (Å²) in [6.07, 6.45) is 2.91. The lowest BCUT2D eigenvalue weighted by molar-refractivity contribution is -0.180. The van der Waals surface area contributed by atoms with Crippen LogP contribution in [0.2, 0.25) is 0 Å². The van der Waals surface area contributed by atoms with Gasteiger partial charge in [0.1, 0.15) is 0 Å². The van der Waals surface area contributed by atoms with Crippen molar-refractivity contribution in [3.63, 3.8) is 0 Å². The van der Waals surface area contributed by atoms with Crippen LogP contribution in [0.1, 0.15) is 44.6 Å². The highest BCUT2D eigenvalue weighted by molar-refractivity contribution is 7.80. The van der Waals surface area contributed by atoms with Crippen molar-refractivity contribution >= 4 is 23.0 Å². The number of nitrogens with one attached hydrogen (secondary N) is 1. The lowest BCUT2D eigenvalue weighted by Gasteiger charge is -2.38. The number of rotatable bonds is 3. The van der Waals surface area contributed by atoms with Gasteiger partial charge in [0.05, 0.1) is 13.2 Å². The van der Waals surface area contributed by atoms with E-state index in [0.29, 0.717) is 19.1 Å². The number of hydrogen-bond donors (Lipinski definition) is 1. The first-order valence-corrected chi connectivity index (χ1v) is 8.96. The van der Waals surface area contributed by atoms with E-state index in [0.717, 1.165) is 43.2 Å². The summed E-state index contributed by atoms with van der Waals surface area (Å²) >= 11 is 5.56. The summed E-state index contributed by atoms with van der Waals surface area (Å²) in [4.78, 5) is 2.20. The summed E-state index contributed by atoms with van der Waals surface area (Å²) in [7, 11) is 0. The Labute approximate surface area is 144 Å². The van der Waals surface area contributed by atoms with Crippen molar-refractivity contribution in [2.75, 3.05) is 31.6 Å². The molecular weight excluding hydrogens is 308 g/mol. The molecule has 23 heavy (non-hydrogen) atoms. The van der Waals surface area contributed by atoms with E-state index in [-0.39, 0.29) is 5.79 Å². The Morgan fingerprint density at radius 2 is 1.83 bits per heavy atom. The van der Waals surface area contributed by atoms with Gasteiger partial charge in [-0.2, -0.15) is 0 Å². The normalized spacial score (nSPS) is 21.4. The van der Waals surface area contributed by atoms with Crippen molar-refractivity contribution in [3.8, 4) is 0 Å². The van der Waals surface area contributed by atoms with Crippen molar-refractivity contribution in [2.45, 2.75) is 44.8 Å². The summed E-state index contributed by atoms with van der Waals surface area (Å²) in [5, 5.41) is 4.14. The van der Waals surface area contributed by atoms with Crippen LogP contribution in [0.4, 0.5) is 5.69 Å². The first-order chi connectivity index (χ1) is 11.1. The molecule has 2 saturated heterocycles. The number of benzene rings is 1. The Morgan fingerprint density at radius 1 is 1.22 bits per heavy atom. The smallest absolute Gasteiger partial charge is 0.173 e. The molecule has 126 valence electrons. The summed E-state index contributed by atoms with van der Waals surface area (Å²) in [6.45, 7) is 7.64. The summed E-state index contributed by atoms with van der Waals surface area (Å²) in [6, 6.07) is 8.60. The molecule has 2 aliphatic heterocycles. The summed E-state index contributed by atoms with van der Waals surface area (Å²) in [5.41, 5.74) is 2.43. The van der Waals surface area contributed by atoms with Crippen LogP contribution in [-0.4, -0.2) is 42.1 Å². The second-order valence-corrected chi connectivity index (χ2v) is 6.84. The van der Waals surface area contributed by atoms with Gasteiger partial charge in [0.25, 0.3) is 0 Å². The predicted octanol–water partition coefficient (Wildman–Crippen LogP) is 3.74. The topological polar surface area (TPSA) is 33.7 Å². The second kappa shape index (κ2) is 7.16. The summed E-state index contributed by atoms with van der Waals surface area (Å²) in [5.74, 6) is 0.255. The van der Waals surface area contributed by atoms with E-state index >= 15 is 0 Å². The van der Waals surface area contributed by atoms with Crippen LogP contribution < -0.4 is 5.32 Å². The fourth-order valence-corrected chi connectivity index (χ4v) is 3.47. The Hall–Kier alpha value is -1.17. The van der Waals surface area contributed by atoms with Gasteiger partial charge in [0.2, 0.25) is 0 Å². The lowest BCUT2D eigenvalue weighted by atomic mass is 9.99. The lowest BCUT2D eigenvalue weighted by Crippen LogP contribution is -2.48. The third-order valence-corrected chi connectivity index (χ3v) is 5.33.